The Hall–Kier alpha value is -3.43. The van der Waals surface area contributed by atoms with Crippen LogP contribution in [0.4, 0.5) is 64.1 Å². The molecule has 0 fully saturated rings. The van der Waals surface area contributed by atoms with Gasteiger partial charge in [0.2, 0.25) is 0 Å². The first-order valence-corrected chi connectivity index (χ1v) is 11.4. The zero-order valence-corrected chi connectivity index (χ0v) is 20.8. The smallest absolute Gasteiger partial charge is 0.379 e. The van der Waals surface area contributed by atoms with Crippen LogP contribution in [0.25, 0.3) is 0 Å². The van der Waals surface area contributed by atoms with Crippen LogP contribution in [0.15, 0.2) is 59.1 Å². The summed E-state index contributed by atoms with van der Waals surface area (Å²) in [5, 5.41) is 4.19. The summed E-state index contributed by atoms with van der Waals surface area (Å²) in [4.78, 5) is 12.7. The van der Waals surface area contributed by atoms with Gasteiger partial charge in [0.25, 0.3) is 5.91 Å². The summed E-state index contributed by atoms with van der Waals surface area (Å²) in [6, 6.07) is 7.11. The fraction of sp³-hybridized carbons (Fsp3) is 0.208. The molecule has 0 spiro atoms. The van der Waals surface area contributed by atoms with Gasteiger partial charge in [-0.2, -0.15) is 39.5 Å². The molecule has 0 heterocycles. The van der Waals surface area contributed by atoms with E-state index in [9.17, 15) is 57.5 Å². The van der Waals surface area contributed by atoms with E-state index in [0.29, 0.717) is 5.56 Å². The highest BCUT2D eigenvalue weighted by atomic mass is 79.9. The molecule has 2 N–H and O–H groups in total. The van der Waals surface area contributed by atoms with Gasteiger partial charge in [-0.25, -0.2) is 13.2 Å². The predicted octanol–water partition coefficient (Wildman–Crippen LogP) is 8.90. The highest BCUT2D eigenvalue weighted by Gasteiger charge is 2.73. The van der Waals surface area contributed by atoms with Gasteiger partial charge >= 0.3 is 24.2 Å². The molecular formula is C24H13BrF12N2O. The van der Waals surface area contributed by atoms with Crippen molar-refractivity contribution in [2.45, 2.75) is 30.7 Å². The second kappa shape index (κ2) is 10.9. The van der Waals surface area contributed by atoms with Crippen LogP contribution in [-0.2, 0) is 18.4 Å². The fourth-order valence-corrected chi connectivity index (χ4v) is 4.03. The predicted molar refractivity (Wildman–Crippen MR) is 122 cm³/mol. The Morgan fingerprint density at radius 1 is 0.800 bits per heavy atom. The number of nitrogens with one attached hydrogen (secondary N) is 2. The molecule has 3 aromatic rings. The molecule has 0 bridgehead atoms. The molecule has 0 atom stereocenters. The quantitative estimate of drug-likeness (QED) is 0.261. The number of alkyl halides is 10. The Bertz CT molecular complexity index is 1390. The van der Waals surface area contributed by atoms with E-state index >= 15 is 0 Å². The van der Waals surface area contributed by atoms with Gasteiger partial charge in [0.15, 0.2) is 5.82 Å². The standard InChI is InChI=1S/C24H13BrF12N2O/c25-16-9-12(21(28,23(32,33)34)24(35,36)37)8-15(22(29,30)31)19(16)39-20(40)14-2-1-3-17(18(14)27)38-10-11-4-6-13(26)7-5-11/h1-9,38H,10H2,(H,39,40). The third-order valence-electron chi connectivity index (χ3n) is 5.45. The van der Waals surface area contributed by atoms with E-state index in [1.165, 1.54) is 12.1 Å². The van der Waals surface area contributed by atoms with E-state index in [4.69, 9.17) is 0 Å². The maximum absolute atomic E-state index is 15.0. The Morgan fingerprint density at radius 2 is 1.38 bits per heavy atom. The van der Waals surface area contributed by atoms with Crippen LogP contribution in [0.3, 0.4) is 0 Å². The van der Waals surface area contributed by atoms with Gasteiger partial charge in [-0.3, -0.25) is 4.79 Å². The highest BCUT2D eigenvalue weighted by Crippen LogP contribution is 2.55. The lowest BCUT2D eigenvalue weighted by Crippen LogP contribution is -2.50. The lowest BCUT2D eigenvalue weighted by Gasteiger charge is -2.31. The molecule has 3 rings (SSSR count). The summed E-state index contributed by atoms with van der Waals surface area (Å²) in [6.45, 7) is -0.0725. The van der Waals surface area contributed by atoms with Crippen LogP contribution in [-0.4, -0.2) is 18.3 Å². The Morgan fingerprint density at radius 3 is 1.90 bits per heavy atom. The van der Waals surface area contributed by atoms with E-state index in [2.05, 4.69) is 21.2 Å². The average molecular weight is 653 g/mol. The van der Waals surface area contributed by atoms with Crippen molar-refractivity contribution in [1.82, 2.24) is 0 Å². The molecular weight excluding hydrogens is 640 g/mol. The van der Waals surface area contributed by atoms with Gasteiger partial charge in [-0.05, 0) is 57.9 Å². The molecule has 216 valence electrons. The summed E-state index contributed by atoms with van der Waals surface area (Å²) in [5.41, 5.74) is -13.0. The average Bonchev–Trinajstić information content (AvgIpc) is 2.82. The second-order valence-electron chi connectivity index (χ2n) is 8.13. The minimum absolute atomic E-state index is 0.0725. The van der Waals surface area contributed by atoms with E-state index in [0.717, 1.165) is 30.3 Å². The monoisotopic (exact) mass is 652 g/mol. The summed E-state index contributed by atoms with van der Waals surface area (Å²) in [6.07, 6.45) is -19.1. The van der Waals surface area contributed by atoms with Crippen molar-refractivity contribution in [2.24, 2.45) is 0 Å². The van der Waals surface area contributed by atoms with Crippen LogP contribution in [0.5, 0.6) is 0 Å². The van der Waals surface area contributed by atoms with E-state index in [-0.39, 0.29) is 18.3 Å². The number of benzene rings is 3. The van der Waals surface area contributed by atoms with E-state index in [1.807, 2.05) is 0 Å². The molecule has 40 heavy (non-hydrogen) atoms. The van der Waals surface area contributed by atoms with Crippen molar-refractivity contribution < 1.29 is 57.5 Å². The van der Waals surface area contributed by atoms with Crippen LogP contribution >= 0.6 is 15.9 Å². The van der Waals surface area contributed by atoms with Gasteiger partial charge in [0, 0.05) is 16.6 Å². The molecule has 0 aromatic heterocycles. The Kier molecular flexibility index (Phi) is 8.44. The van der Waals surface area contributed by atoms with Crippen molar-refractivity contribution in [3.05, 3.63) is 93.0 Å². The van der Waals surface area contributed by atoms with Crippen molar-refractivity contribution in [3.8, 4) is 0 Å². The molecule has 0 aliphatic carbocycles. The minimum atomic E-state index is -6.71. The molecule has 0 radical (unpaired) electrons. The van der Waals surface area contributed by atoms with Crippen LogP contribution in [0, 0.1) is 11.6 Å². The van der Waals surface area contributed by atoms with Crippen molar-refractivity contribution >= 4 is 33.2 Å². The van der Waals surface area contributed by atoms with Gasteiger partial charge in [0.1, 0.15) is 5.82 Å². The lowest BCUT2D eigenvalue weighted by atomic mass is 9.92. The lowest BCUT2D eigenvalue weighted by molar-refractivity contribution is -0.348. The Labute approximate surface area is 225 Å². The van der Waals surface area contributed by atoms with Gasteiger partial charge in [-0.1, -0.05) is 18.2 Å². The molecule has 0 aliphatic heterocycles. The first kappa shape index (κ1) is 31.1. The van der Waals surface area contributed by atoms with Crippen molar-refractivity contribution in [1.29, 1.82) is 0 Å². The SMILES string of the molecule is O=C(Nc1c(Br)cc(C(F)(C(F)(F)F)C(F)(F)F)cc1C(F)(F)F)c1cccc(NCc2ccc(F)cc2)c1F. The van der Waals surface area contributed by atoms with Crippen molar-refractivity contribution in [2.75, 3.05) is 10.6 Å². The summed E-state index contributed by atoms with van der Waals surface area (Å²) < 4.78 is 161. The topological polar surface area (TPSA) is 41.1 Å². The maximum atomic E-state index is 15.0. The zero-order chi connectivity index (χ0) is 30.3. The molecule has 1 amide bonds. The normalized spacial score (nSPS) is 12.8. The number of rotatable bonds is 6. The maximum Gasteiger partial charge on any atom is 0.435 e. The molecule has 3 nitrogen and oxygen atoms in total. The zero-order valence-electron chi connectivity index (χ0n) is 19.2. The van der Waals surface area contributed by atoms with E-state index < -0.39 is 74.7 Å². The third-order valence-corrected chi connectivity index (χ3v) is 6.08. The second-order valence-corrected chi connectivity index (χ2v) is 8.99. The number of hydrogen-bond donors (Lipinski definition) is 2. The molecule has 0 unspecified atom stereocenters. The van der Waals surface area contributed by atoms with Gasteiger partial charge < -0.3 is 10.6 Å². The van der Waals surface area contributed by atoms with Crippen LogP contribution in [0.2, 0.25) is 0 Å². The number of anilines is 2. The van der Waals surface area contributed by atoms with E-state index in [1.54, 1.807) is 5.32 Å². The third kappa shape index (κ3) is 6.15. The number of amides is 1. The molecule has 0 saturated heterocycles. The minimum Gasteiger partial charge on any atom is -0.379 e. The fourth-order valence-electron chi connectivity index (χ4n) is 3.47. The number of halogens is 13. The molecule has 3 aromatic carbocycles. The van der Waals surface area contributed by atoms with Crippen LogP contribution < -0.4 is 10.6 Å². The van der Waals surface area contributed by atoms with Gasteiger partial charge in [-0.15, -0.1) is 0 Å². The first-order valence-electron chi connectivity index (χ1n) is 10.6. The summed E-state index contributed by atoms with van der Waals surface area (Å²) in [5.74, 6) is -3.39. The highest BCUT2D eigenvalue weighted by molar-refractivity contribution is 9.10. The molecule has 16 heteroatoms. The number of hydrogen-bond acceptors (Lipinski definition) is 2. The summed E-state index contributed by atoms with van der Waals surface area (Å²) >= 11 is 2.36. The molecule has 0 saturated carbocycles. The first-order chi connectivity index (χ1) is 18.3. The number of carbonyl (C=O) groups is 1. The largest absolute Gasteiger partial charge is 0.435 e. The van der Waals surface area contributed by atoms with Crippen molar-refractivity contribution in [3.63, 3.8) is 0 Å². The molecule has 0 aliphatic rings. The van der Waals surface area contributed by atoms with Crippen LogP contribution in [0.1, 0.15) is 27.0 Å². The summed E-state index contributed by atoms with van der Waals surface area (Å²) in [7, 11) is 0. The number of carbonyl (C=O) groups excluding carboxylic acids is 1. The Balaban J connectivity index is 2.01. The van der Waals surface area contributed by atoms with Gasteiger partial charge in [0.05, 0.1) is 22.5 Å².